The van der Waals surface area contributed by atoms with Crippen LogP contribution in [0.4, 0.5) is 11.5 Å². The number of aromatic amines is 1. The first-order valence-electron chi connectivity index (χ1n) is 11.5. The smallest absolute Gasteiger partial charge is 0.330 e. The molecule has 2 aromatic rings. The fourth-order valence-corrected chi connectivity index (χ4v) is 3.59. The molecule has 0 spiro atoms. The van der Waals surface area contributed by atoms with Gasteiger partial charge in [0.15, 0.2) is 12.3 Å². The van der Waals surface area contributed by atoms with Gasteiger partial charge in [-0.05, 0) is 38.8 Å². The zero-order chi connectivity index (χ0) is 26.1. The molecule has 0 unspecified atom stereocenters. The lowest BCUT2D eigenvalue weighted by Crippen LogP contribution is -2.43. The SMILES string of the molecule is CCCCN(C(=O)COC(=O)CNC(=O)c1cc(C)cc(C)c1)c1c(N)n(CCC)c(=O)[nH]c1=O. The van der Waals surface area contributed by atoms with Crippen molar-refractivity contribution in [2.24, 2.45) is 0 Å². The Morgan fingerprint density at radius 1 is 1.09 bits per heavy atom. The van der Waals surface area contributed by atoms with Gasteiger partial charge in [0.05, 0.1) is 0 Å². The molecular formula is C24H33N5O6. The quantitative estimate of drug-likeness (QED) is 0.403. The molecule has 190 valence electrons. The Labute approximate surface area is 203 Å². The molecule has 0 bridgehead atoms. The molecule has 35 heavy (non-hydrogen) atoms. The molecule has 0 aliphatic carbocycles. The fraction of sp³-hybridized carbons (Fsp3) is 0.458. The Kier molecular flexibility index (Phi) is 9.80. The van der Waals surface area contributed by atoms with E-state index in [-0.39, 0.29) is 24.6 Å². The summed E-state index contributed by atoms with van der Waals surface area (Å²) in [5.41, 5.74) is 6.71. The lowest BCUT2D eigenvalue weighted by atomic mass is 10.1. The van der Waals surface area contributed by atoms with E-state index in [1.54, 1.807) is 12.1 Å². The number of unbranched alkanes of at least 4 members (excludes halogenated alkanes) is 1. The van der Waals surface area contributed by atoms with Crippen LogP contribution in [0.5, 0.6) is 0 Å². The molecular weight excluding hydrogens is 454 g/mol. The molecule has 1 aromatic heterocycles. The number of rotatable bonds is 11. The summed E-state index contributed by atoms with van der Waals surface area (Å²) >= 11 is 0. The van der Waals surface area contributed by atoms with Crippen molar-refractivity contribution in [2.45, 2.75) is 53.5 Å². The number of hydrogen-bond donors (Lipinski definition) is 3. The number of H-pyrrole nitrogens is 1. The van der Waals surface area contributed by atoms with E-state index in [2.05, 4.69) is 10.3 Å². The first-order chi connectivity index (χ1) is 16.6. The van der Waals surface area contributed by atoms with Crippen LogP contribution in [0, 0.1) is 13.8 Å². The van der Waals surface area contributed by atoms with Gasteiger partial charge in [0, 0.05) is 18.7 Å². The second-order valence-corrected chi connectivity index (χ2v) is 8.26. The highest BCUT2D eigenvalue weighted by molar-refractivity contribution is 5.98. The molecule has 0 saturated carbocycles. The summed E-state index contributed by atoms with van der Waals surface area (Å²) in [6.45, 7) is 6.79. The van der Waals surface area contributed by atoms with Crippen molar-refractivity contribution in [2.75, 3.05) is 30.3 Å². The molecule has 4 N–H and O–H groups in total. The number of carbonyl (C=O) groups excluding carboxylic acids is 3. The van der Waals surface area contributed by atoms with Crippen LogP contribution in [0.3, 0.4) is 0 Å². The van der Waals surface area contributed by atoms with Crippen molar-refractivity contribution in [1.82, 2.24) is 14.9 Å². The predicted molar refractivity (Wildman–Crippen MR) is 132 cm³/mol. The zero-order valence-corrected chi connectivity index (χ0v) is 20.6. The highest BCUT2D eigenvalue weighted by Gasteiger charge is 2.25. The molecule has 0 aliphatic rings. The Bertz CT molecular complexity index is 1180. The van der Waals surface area contributed by atoms with Crippen LogP contribution in [0.2, 0.25) is 0 Å². The highest BCUT2D eigenvalue weighted by atomic mass is 16.5. The Morgan fingerprint density at radius 2 is 1.74 bits per heavy atom. The van der Waals surface area contributed by atoms with E-state index in [0.29, 0.717) is 18.4 Å². The molecule has 2 rings (SSSR count). The van der Waals surface area contributed by atoms with Crippen LogP contribution >= 0.6 is 0 Å². The number of esters is 1. The van der Waals surface area contributed by atoms with Gasteiger partial charge < -0.3 is 20.7 Å². The monoisotopic (exact) mass is 487 g/mol. The number of anilines is 2. The lowest BCUT2D eigenvalue weighted by molar-refractivity contribution is -0.146. The van der Waals surface area contributed by atoms with E-state index in [9.17, 15) is 24.0 Å². The average molecular weight is 488 g/mol. The number of aromatic nitrogens is 2. The van der Waals surface area contributed by atoms with Crippen molar-refractivity contribution in [3.05, 3.63) is 55.7 Å². The molecule has 1 heterocycles. The number of hydrogen-bond acceptors (Lipinski definition) is 7. The van der Waals surface area contributed by atoms with E-state index >= 15 is 0 Å². The summed E-state index contributed by atoms with van der Waals surface area (Å²) < 4.78 is 6.23. The predicted octanol–water partition coefficient (Wildman–Crippen LogP) is 1.25. The number of benzene rings is 1. The number of nitrogens with two attached hydrogens (primary N) is 1. The van der Waals surface area contributed by atoms with Crippen LogP contribution in [0.25, 0.3) is 0 Å². The van der Waals surface area contributed by atoms with Crippen molar-refractivity contribution in [3.63, 3.8) is 0 Å². The maximum absolute atomic E-state index is 12.9. The maximum atomic E-state index is 12.9. The van der Waals surface area contributed by atoms with Gasteiger partial charge in [-0.15, -0.1) is 0 Å². The normalized spacial score (nSPS) is 10.6. The molecule has 2 amide bonds. The topological polar surface area (TPSA) is 157 Å². The Balaban J connectivity index is 2.10. The standard InChI is InChI=1S/C24H33N5O6/c1-5-7-9-28(20-21(25)29(8-6-2)24(34)27-23(20)33)18(30)14-35-19(31)13-26-22(32)17-11-15(3)10-16(4)12-17/h10-12H,5-9,13-14,25H2,1-4H3,(H,26,32)(H,27,33,34). The van der Waals surface area contributed by atoms with Crippen LogP contribution in [0.15, 0.2) is 27.8 Å². The zero-order valence-electron chi connectivity index (χ0n) is 20.6. The number of nitrogens with one attached hydrogen (secondary N) is 2. The van der Waals surface area contributed by atoms with Crippen LogP contribution < -0.4 is 27.2 Å². The van der Waals surface area contributed by atoms with Gasteiger partial charge in [0.2, 0.25) is 0 Å². The number of carbonyl (C=O) groups is 3. The molecule has 11 nitrogen and oxygen atoms in total. The number of ether oxygens (including phenoxy) is 1. The summed E-state index contributed by atoms with van der Waals surface area (Å²) in [6, 6.07) is 5.32. The molecule has 0 fully saturated rings. The third-order valence-corrected chi connectivity index (χ3v) is 5.20. The van der Waals surface area contributed by atoms with Gasteiger partial charge in [0.1, 0.15) is 12.4 Å². The number of aryl methyl sites for hydroxylation is 2. The van der Waals surface area contributed by atoms with Crippen molar-refractivity contribution >= 4 is 29.3 Å². The summed E-state index contributed by atoms with van der Waals surface area (Å²) in [7, 11) is 0. The second kappa shape index (κ2) is 12.5. The van der Waals surface area contributed by atoms with Gasteiger partial charge >= 0.3 is 11.7 Å². The maximum Gasteiger partial charge on any atom is 0.330 e. The fourth-order valence-electron chi connectivity index (χ4n) is 3.59. The van der Waals surface area contributed by atoms with Crippen LogP contribution in [0.1, 0.15) is 54.6 Å². The van der Waals surface area contributed by atoms with E-state index < -0.39 is 42.2 Å². The Morgan fingerprint density at radius 3 is 2.34 bits per heavy atom. The van der Waals surface area contributed by atoms with Crippen LogP contribution in [-0.2, 0) is 20.9 Å². The van der Waals surface area contributed by atoms with Crippen LogP contribution in [-0.4, -0.2) is 47.0 Å². The molecule has 0 saturated heterocycles. The van der Waals surface area contributed by atoms with E-state index in [1.807, 2.05) is 33.8 Å². The highest BCUT2D eigenvalue weighted by Crippen LogP contribution is 2.18. The number of nitrogens with zero attached hydrogens (tertiary/aromatic N) is 2. The van der Waals surface area contributed by atoms with Gasteiger partial charge in [-0.3, -0.25) is 28.7 Å². The van der Waals surface area contributed by atoms with E-state index in [1.165, 1.54) is 4.57 Å². The molecule has 0 radical (unpaired) electrons. The van der Waals surface area contributed by atoms with Gasteiger partial charge in [0.25, 0.3) is 17.4 Å². The summed E-state index contributed by atoms with van der Waals surface area (Å²) in [6.07, 6.45) is 1.86. The van der Waals surface area contributed by atoms with Gasteiger partial charge in [-0.25, -0.2) is 4.79 Å². The number of amides is 2. The molecule has 1 aromatic carbocycles. The third kappa shape index (κ3) is 7.29. The third-order valence-electron chi connectivity index (χ3n) is 5.20. The number of nitrogen functional groups attached to an aromatic ring is 1. The van der Waals surface area contributed by atoms with Gasteiger partial charge in [-0.1, -0.05) is 37.5 Å². The van der Waals surface area contributed by atoms with Crippen molar-refractivity contribution < 1.29 is 19.1 Å². The van der Waals surface area contributed by atoms with E-state index in [0.717, 1.165) is 22.4 Å². The summed E-state index contributed by atoms with van der Waals surface area (Å²) in [5, 5.41) is 2.47. The first-order valence-corrected chi connectivity index (χ1v) is 11.5. The summed E-state index contributed by atoms with van der Waals surface area (Å²) in [5.74, 6) is -2.06. The van der Waals surface area contributed by atoms with Gasteiger partial charge in [-0.2, -0.15) is 0 Å². The van der Waals surface area contributed by atoms with Crippen molar-refractivity contribution in [3.8, 4) is 0 Å². The molecule has 11 heteroatoms. The summed E-state index contributed by atoms with van der Waals surface area (Å²) in [4.78, 5) is 65.3. The first kappa shape index (κ1) is 27.4. The minimum atomic E-state index is -0.815. The minimum Gasteiger partial charge on any atom is -0.454 e. The molecule has 0 aliphatic heterocycles. The largest absolute Gasteiger partial charge is 0.454 e. The van der Waals surface area contributed by atoms with E-state index in [4.69, 9.17) is 10.5 Å². The lowest BCUT2D eigenvalue weighted by Gasteiger charge is -2.24. The van der Waals surface area contributed by atoms with Crippen molar-refractivity contribution in [1.29, 1.82) is 0 Å². The molecule has 0 atom stereocenters. The minimum absolute atomic E-state index is 0.128. The second-order valence-electron chi connectivity index (χ2n) is 8.26. The average Bonchev–Trinajstić information content (AvgIpc) is 2.79. The Hall–Kier alpha value is -3.89.